The van der Waals surface area contributed by atoms with Crippen molar-refractivity contribution in [2.75, 3.05) is 25.6 Å². The second-order valence-corrected chi connectivity index (χ2v) is 3.87. The summed E-state index contributed by atoms with van der Waals surface area (Å²) in [4.78, 5) is 11.6. The highest BCUT2D eigenvalue weighted by molar-refractivity contribution is 5.94. The highest BCUT2D eigenvalue weighted by Crippen LogP contribution is 2.15. The van der Waals surface area contributed by atoms with Crippen LogP contribution in [0.3, 0.4) is 0 Å². The van der Waals surface area contributed by atoms with Gasteiger partial charge in [0.2, 0.25) is 5.91 Å². The second-order valence-electron chi connectivity index (χ2n) is 3.87. The molecule has 0 radical (unpaired) electrons. The number of nitrogens with one attached hydrogen (secondary N) is 1. The lowest BCUT2D eigenvalue weighted by Crippen LogP contribution is -2.34. The van der Waals surface area contributed by atoms with Crippen molar-refractivity contribution in [2.45, 2.75) is 19.4 Å². The highest BCUT2D eigenvalue weighted by Gasteiger charge is 2.10. The molecule has 0 saturated heterocycles. The Labute approximate surface area is 119 Å². The Kier molecular flexibility index (Phi) is 8.95. The zero-order valence-corrected chi connectivity index (χ0v) is 12.0. The third-order valence-corrected chi connectivity index (χ3v) is 2.45. The second kappa shape index (κ2) is 9.61. The van der Waals surface area contributed by atoms with Gasteiger partial charge in [-0.1, -0.05) is 6.92 Å². The molecule has 0 spiro atoms. The first-order chi connectivity index (χ1) is 8.67. The summed E-state index contributed by atoms with van der Waals surface area (Å²) in [7, 11) is 1.62. The minimum Gasteiger partial charge on any atom is -0.491 e. The number of ether oxygens (including phenoxy) is 2. The maximum Gasteiger partial charge on any atom is 0.241 e. The molecule has 1 atom stereocenters. The van der Waals surface area contributed by atoms with Crippen molar-refractivity contribution < 1.29 is 14.3 Å². The normalized spacial score (nSPS) is 11.3. The molecule has 19 heavy (non-hydrogen) atoms. The third kappa shape index (κ3) is 6.42. The first-order valence-electron chi connectivity index (χ1n) is 5.95. The number of carbonyl (C=O) groups excluding carboxylic acids is 1. The molecule has 0 fully saturated rings. The van der Waals surface area contributed by atoms with Crippen molar-refractivity contribution in [3.05, 3.63) is 24.3 Å². The zero-order valence-electron chi connectivity index (χ0n) is 11.2. The lowest BCUT2D eigenvalue weighted by molar-refractivity contribution is -0.117. The number of carbonyl (C=O) groups is 1. The average Bonchev–Trinajstić information content (AvgIpc) is 2.40. The van der Waals surface area contributed by atoms with Gasteiger partial charge in [-0.3, -0.25) is 4.79 Å². The fraction of sp³-hybridized carbons (Fsp3) is 0.462. The first-order valence-corrected chi connectivity index (χ1v) is 5.95. The Morgan fingerprint density at radius 3 is 2.47 bits per heavy atom. The van der Waals surface area contributed by atoms with Crippen LogP contribution in [0.15, 0.2) is 24.3 Å². The van der Waals surface area contributed by atoms with E-state index >= 15 is 0 Å². The summed E-state index contributed by atoms with van der Waals surface area (Å²) in [6, 6.07) is 6.68. The predicted octanol–water partition coefficient (Wildman–Crippen LogP) is 1.81. The Morgan fingerprint density at radius 1 is 1.32 bits per heavy atom. The van der Waals surface area contributed by atoms with Crippen LogP contribution in [0.4, 0.5) is 5.69 Å². The van der Waals surface area contributed by atoms with Gasteiger partial charge < -0.3 is 20.5 Å². The van der Waals surface area contributed by atoms with Gasteiger partial charge in [0.1, 0.15) is 12.4 Å². The summed E-state index contributed by atoms with van der Waals surface area (Å²) in [6.45, 7) is 2.92. The number of hydrogen-bond donors (Lipinski definition) is 2. The van der Waals surface area contributed by atoms with E-state index in [1.165, 1.54) is 0 Å². The Hall–Kier alpha value is -1.30. The molecular formula is C13H21ClN2O3. The monoisotopic (exact) mass is 288 g/mol. The number of methoxy groups -OCH3 is 1. The van der Waals surface area contributed by atoms with Gasteiger partial charge in [-0.2, -0.15) is 0 Å². The van der Waals surface area contributed by atoms with E-state index in [9.17, 15) is 4.79 Å². The van der Waals surface area contributed by atoms with Gasteiger partial charge in [-0.15, -0.1) is 12.4 Å². The van der Waals surface area contributed by atoms with E-state index in [1.807, 2.05) is 6.92 Å². The molecule has 1 aromatic rings. The van der Waals surface area contributed by atoms with E-state index in [0.29, 0.717) is 25.3 Å². The standard InChI is InChI=1S/C13H20N2O3.ClH/c1-3-12(14)13(16)15-10-4-6-11(7-5-10)18-9-8-17-2;/h4-7,12H,3,8-9,14H2,1-2H3,(H,15,16);1H/t12-;/m0./s1. The summed E-state index contributed by atoms with van der Waals surface area (Å²) in [5, 5.41) is 2.74. The Bertz CT molecular complexity index is 371. The molecule has 0 aliphatic rings. The van der Waals surface area contributed by atoms with Gasteiger partial charge in [0.15, 0.2) is 0 Å². The number of halogens is 1. The molecule has 0 bridgehead atoms. The zero-order chi connectivity index (χ0) is 13.4. The van der Waals surface area contributed by atoms with Crippen molar-refractivity contribution >= 4 is 24.0 Å². The molecule has 0 unspecified atom stereocenters. The fourth-order valence-electron chi connectivity index (χ4n) is 1.30. The summed E-state index contributed by atoms with van der Waals surface area (Å²) in [5.74, 6) is 0.565. The molecule has 1 amide bonds. The SMILES string of the molecule is CC[C@H](N)C(=O)Nc1ccc(OCCOC)cc1.Cl. The maximum absolute atomic E-state index is 11.6. The molecule has 0 saturated carbocycles. The summed E-state index contributed by atoms with van der Waals surface area (Å²) < 4.78 is 10.3. The highest BCUT2D eigenvalue weighted by atomic mass is 35.5. The van der Waals surface area contributed by atoms with Crippen LogP contribution in [0.25, 0.3) is 0 Å². The van der Waals surface area contributed by atoms with Crippen molar-refractivity contribution in [3.8, 4) is 5.75 Å². The minimum absolute atomic E-state index is 0. The Morgan fingerprint density at radius 2 is 1.95 bits per heavy atom. The van der Waals surface area contributed by atoms with Gasteiger partial charge in [0.05, 0.1) is 12.6 Å². The summed E-state index contributed by atoms with van der Waals surface area (Å²) >= 11 is 0. The van der Waals surface area contributed by atoms with E-state index in [1.54, 1.807) is 31.4 Å². The lowest BCUT2D eigenvalue weighted by Gasteiger charge is -2.11. The first kappa shape index (κ1) is 17.7. The molecule has 5 nitrogen and oxygen atoms in total. The molecule has 1 aromatic carbocycles. The number of anilines is 1. The topological polar surface area (TPSA) is 73.6 Å². The van der Waals surface area contributed by atoms with Crippen LogP contribution in [-0.2, 0) is 9.53 Å². The van der Waals surface area contributed by atoms with Gasteiger partial charge in [-0.25, -0.2) is 0 Å². The van der Waals surface area contributed by atoms with Crippen LogP contribution in [0, 0.1) is 0 Å². The van der Waals surface area contributed by atoms with Crippen molar-refractivity contribution in [2.24, 2.45) is 5.73 Å². The largest absolute Gasteiger partial charge is 0.491 e. The quantitative estimate of drug-likeness (QED) is 0.751. The van der Waals surface area contributed by atoms with Crippen LogP contribution in [0.1, 0.15) is 13.3 Å². The summed E-state index contributed by atoms with van der Waals surface area (Å²) in [6.07, 6.45) is 0.615. The van der Waals surface area contributed by atoms with Crippen molar-refractivity contribution in [3.63, 3.8) is 0 Å². The number of amides is 1. The average molecular weight is 289 g/mol. The third-order valence-electron chi connectivity index (χ3n) is 2.45. The van der Waals surface area contributed by atoms with E-state index in [-0.39, 0.29) is 18.3 Å². The molecule has 0 aliphatic heterocycles. The number of rotatable bonds is 7. The van der Waals surface area contributed by atoms with Crippen LogP contribution in [0.5, 0.6) is 5.75 Å². The molecule has 0 aliphatic carbocycles. The van der Waals surface area contributed by atoms with E-state index < -0.39 is 6.04 Å². The minimum atomic E-state index is -0.470. The van der Waals surface area contributed by atoms with E-state index in [0.717, 1.165) is 5.75 Å². The molecule has 0 aromatic heterocycles. The van der Waals surface area contributed by atoms with E-state index in [4.69, 9.17) is 15.2 Å². The summed E-state index contributed by atoms with van der Waals surface area (Å²) in [5.41, 5.74) is 6.34. The molecule has 108 valence electrons. The van der Waals surface area contributed by atoms with Gasteiger partial charge >= 0.3 is 0 Å². The van der Waals surface area contributed by atoms with Gasteiger partial charge in [-0.05, 0) is 30.7 Å². The molecular weight excluding hydrogens is 268 g/mol. The molecule has 1 rings (SSSR count). The van der Waals surface area contributed by atoms with Crippen LogP contribution < -0.4 is 15.8 Å². The number of benzene rings is 1. The van der Waals surface area contributed by atoms with Crippen LogP contribution in [0.2, 0.25) is 0 Å². The van der Waals surface area contributed by atoms with Crippen LogP contribution >= 0.6 is 12.4 Å². The molecule has 6 heteroatoms. The Balaban J connectivity index is 0.00000324. The number of nitrogens with two attached hydrogens (primary N) is 1. The maximum atomic E-state index is 11.6. The molecule has 3 N–H and O–H groups in total. The van der Waals surface area contributed by atoms with Crippen molar-refractivity contribution in [1.29, 1.82) is 0 Å². The van der Waals surface area contributed by atoms with Gasteiger partial charge in [0.25, 0.3) is 0 Å². The smallest absolute Gasteiger partial charge is 0.241 e. The fourth-order valence-corrected chi connectivity index (χ4v) is 1.30. The molecule has 0 heterocycles. The lowest BCUT2D eigenvalue weighted by atomic mass is 10.2. The van der Waals surface area contributed by atoms with Crippen molar-refractivity contribution in [1.82, 2.24) is 0 Å². The van der Waals surface area contributed by atoms with Gasteiger partial charge in [0, 0.05) is 12.8 Å². The van der Waals surface area contributed by atoms with E-state index in [2.05, 4.69) is 5.32 Å². The van der Waals surface area contributed by atoms with Crippen LogP contribution in [-0.4, -0.2) is 32.3 Å². The number of hydrogen-bond acceptors (Lipinski definition) is 4. The predicted molar refractivity (Wildman–Crippen MR) is 78.0 cm³/mol.